The molecule has 4 unspecified atom stereocenters. The highest BCUT2D eigenvalue weighted by molar-refractivity contribution is 5.03. The van der Waals surface area contributed by atoms with E-state index >= 15 is 0 Å². The number of fused-ring (bicyclic) bond motifs is 1. The molecule has 0 aromatic rings. The Hall–Kier alpha value is -0.260. The molecule has 0 nitrogen and oxygen atoms in total. The van der Waals surface area contributed by atoms with Crippen molar-refractivity contribution in [1.82, 2.24) is 0 Å². The molecule has 0 N–H and O–H groups in total. The Bertz CT molecular complexity index is 371. The second-order valence-electron chi connectivity index (χ2n) is 9.00. The van der Waals surface area contributed by atoms with Crippen LogP contribution in [0.3, 0.4) is 0 Å². The Morgan fingerprint density at radius 1 is 0.913 bits per heavy atom. The van der Waals surface area contributed by atoms with E-state index in [1.165, 1.54) is 70.6 Å². The van der Waals surface area contributed by atoms with Gasteiger partial charge in [-0.1, -0.05) is 45.6 Å². The van der Waals surface area contributed by atoms with Gasteiger partial charge in [0.2, 0.25) is 0 Å². The van der Waals surface area contributed by atoms with Gasteiger partial charge in [0.15, 0.2) is 0 Å². The summed E-state index contributed by atoms with van der Waals surface area (Å²) in [5.74, 6) is 5.23. The maximum absolute atomic E-state index is 3.99. The van der Waals surface area contributed by atoms with E-state index < -0.39 is 0 Å². The van der Waals surface area contributed by atoms with Gasteiger partial charge in [0.05, 0.1) is 0 Å². The van der Waals surface area contributed by atoms with E-state index in [1.807, 2.05) is 0 Å². The molecule has 0 saturated heterocycles. The monoisotopic (exact) mass is 316 g/mol. The number of rotatable bonds is 7. The average molecular weight is 317 g/mol. The first-order valence-corrected chi connectivity index (χ1v) is 10.9. The van der Waals surface area contributed by atoms with Gasteiger partial charge in [0, 0.05) is 0 Å². The van der Waals surface area contributed by atoms with Crippen molar-refractivity contribution in [1.29, 1.82) is 0 Å². The summed E-state index contributed by atoms with van der Waals surface area (Å²) in [5.41, 5.74) is 0.680. The lowest BCUT2D eigenvalue weighted by molar-refractivity contribution is 0.0192. The lowest BCUT2D eigenvalue weighted by Gasteiger charge is -2.47. The van der Waals surface area contributed by atoms with Crippen LogP contribution < -0.4 is 0 Å². The first-order valence-electron chi connectivity index (χ1n) is 10.9. The van der Waals surface area contributed by atoms with Crippen LogP contribution in [-0.4, -0.2) is 0 Å². The van der Waals surface area contributed by atoms with Crippen LogP contribution in [0, 0.1) is 35.0 Å². The SMILES string of the molecule is C=CCCC1CC(C(CC)(CC)C2CCCC2)C2CCCCC12. The van der Waals surface area contributed by atoms with E-state index in [0.717, 1.165) is 29.6 Å². The van der Waals surface area contributed by atoms with Crippen LogP contribution in [0.2, 0.25) is 0 Å². The zero-order chi connectivity index (χ0) is 16.3. The van der Waals surface area contributed by atoms with Crippen LogP contribution in [-0.2, 0) is 0 Å². The fourth-order valence-electron chi connectivity index (χ4n) is 7.43. The Kier molecular flexibility index (Phi) is 5.92. The molecule has 3 aliphatic carbocycles. The molecular formula is C23H40. The van der Waals surface area contributed by atoms with Gasteiger partial charge in [-0.05, 0) is 92.8 Å². The summed E-state index contributed by atoms with van der Waals surface area (Å²) in [4.78, 5) is 0. The van der Waals surface area contributed by atoms with E-state index in [-0.39, 0.29) is 0 Å². The highest BCUT2D eigenvalue weighted by Crippen LogP contribution is 2.62. The predicted molar refractivity (Wildman–Crippen MR) is 101 cm³/mol. The molecule has 3 saturated carbocycles. The second-order valence-corrected chi connectivity index (χ2v) is 9.00. The van der Waals surface area contributed by atoms with Crippen molar-refractivity contribution in [3.05, 3.63) is 12.7 Å². The molecule has 0 amide bonds. The van der Waals surface area contributed by atoms with Crippen molar-refractivity contribution >= 4 is 0 Å². The second kappa shape index (κ2) is 7.75. The standard InChI is InChI=1S/C23H40/c1-4-7-12-18-17-22(21-16-11-10-15-20(18)21)23(5-2,6-3)19-13-8-9-14-19/h4,18-22H,1,5-17H2,2-3H3. The van der Waals surface area contributed by atoms with Crippen LogP contribution in [0.25, 0.3) is 0 Å². The topological polar surface area (TPSA) is 0 Å². The molecule has 3 aliphatic rings. The van der Waals surface area contributed by atoms with E-state index in [0.29, 0.717) is 5.41 Å². The first kappa shape index (κ1) is 17.6. The molecule has 0 aromatic heterocycles. The highest BCUT2D eigenvalue weighted by Gasteiger charge is 2.53. The Morgan fingerprint density at radius 2 is 1.52 bits per heavy atom. The van der Waals surface area contributed by atoms with E-state index in [2.05, 4.69) is 26.5 Å². The van der Waals surface area contributed by atoms with Crippen molar-refractivity contribution in [3.8, 4) is 0 Å². The summed E-state index contributed by atoms with van der Waals surface area (Å²) >= 11 is 0. The Labute approximate surface area is 145 Å². The van der Waals surface area contributed by atoms with Gasteiger partial charge in [0.25, 0.3) is 0 Å². The smallest absolute Gasteiger partial charge is 0.0243 e. The Balaban J connectivity index is 1.84. The summed E-state index contributed by atoms with van der Waals surface area (Å²) < 4.78 is 0. The lowest BCUT2D eigenvalue weighted by Crippen LogP contribution is -2.39. The van der Waals surface area contributed by atoms with Gasteiger partial charge < -0.3 is 0 Å². The molecule has 132 valence electrons. The molecule has 0 heterocycles. The van der Waals surface area contributed by atoms with Crippen LogP contribution in [0.5, 0.6) is 0 Å². The van der Waals surface area contributed by atoms with Gasteiger partial charge in [-0.15, -0.1) is 6.58 Å². The molecule has 23 heavy (non-hydrogen) atoms. The number of allylic oxidation sites excluding steroid dienone is 1. The zero-order valence-corrected chi connectivity index (χ0v) is 15.9. The van der Waals surface area contributed by atoms with Crippen molar-refractivity contribution in [3.63, 3.8) is 0 Å². The minimum absolute atomic E-state index is 0.680. The fourth-order valence-corrected chi connectivity index (χ4v) is 7.43. The normalized spacial score (nSPS) is 35.4. The Morgan fingerprint density at radius 3 is 2.13 bits per heavy atom. The lowest BCUT2D eigenvalue weighted by atomic mass is 9.58. The van der Waals surface area contributed by atoms with Crippen LogP contribution in [0.15, 0.2) is 12.7 Å². The molecule has 0 aliphatic heterocycles. The third kappa shape index (κ3) is 3.16. The maximum Gasteiger partial charge on any atom is -0.0243 e. The number of hydrogen-bond donors (Lipinski definition) is 0. The van der Waals surface area contributed by atoms with Gasteiger partial charge >= 0.3 is 0 Å². The molecule has 3 fully saturated rings. The molecule has 0 spiro atoms. The zero-order valence-electron chi connectivity index (χ0n) is 15.9. The van der Waals surface area contributed by atoms with Crippen LogP contribution in [0.4, 0.5) is 0 Å². The minimum Gasteiger partial charge on any atom is -0.103 e. The minimum atomic E-state index is 0.680. The summed E-state index contributed by atoms with van der Waals surface area (Å²) in [5, 5.41) is 0. The van der Waals surface area contributed by atoms with Crippen LogP contribution in [0.1, 0.15) is 97.3 Å². The third-order valence-corrected chi connectivity index (χ3v) is 8.52. The fraction of sp³-hybridized carbons (Fsp3) is 0.913. The van der Waals surface area contributed by atoms with Gasteiger partial charge in [-0.25, -0.2) is 0 Å². The van der Waals surface area contributed by atoms with Crippen molar-refractivity contribution in [2.24, 2.45) is 35.0 Å². The van der Waals surface area contributed by atoms with Crippen molar-refractivity contribution < 1.29 is 0 Å². The van der Waals surface area contributed by atoms with Crippen LogP contribution >= 0.6 is 0 Å². The maximum atomic E-state index is 3.99. The molecule has 0 aromatic carbocycles. The van der Waals surface area contributed by atoms with Crippen molar-refractivity contribution in [2.75, 3.05) is 0 Å². The summed E-state index contributed by atoms with van der Waals surface area (Å²) in [7, 11) is 0. The quantitative estimate of drug-likeness (QED) is 0.429. The molecule has 0 radical (unpaired) electrons. The van der Waals surface area contributed by atoms with E-state index in [1.54, 1.807) is 12.8 Å². The number of hydrogen-bond acceptors (Lipinski definition) is 0. The van der Waals surface area contributed by atoms with Gasteiger partial charge in [-0.2, -0.15) is 0 Å². The molecule has 4 atom stereocenters. The molecule has 3 rings (SSSR count). The van der Waals surface area contributed by atoms with E-state index in [9.17, 15) is 0 Å². The molecule has 0 bridgehead atoms. The highest BCUT2D eigenvalue weighted by atomic mass is 14.6. The summed E-state index contributed by atoms with van der Waals surface area (Å²) in [6.07, 6.45) is 21.5. The third-order valence-electron chi connectivity index (χ3n) is 8.52. The first-order chi connectivity index (χ1) is 11.3. The van der Waals surface area contributed by atoms with E-state index in [4.69, 9.17) is 0 Å². The largest absolute Gasteiger partial charge is 0.103 e. The molecule has 0 heteroatoms. The van der Waals surface area contributed by atoms with Crippen molar-refractivity contribution in [2.45, 2.75) is 97.3 Å². The summed E-state index contributed by atoms with van der Waals surface area (Å²) in [6, 6.07) is 0. The van der Waals surface area contributed by atoms with Gasteiger partial charge in [0.1, 0.15) is 0 Å². The molecular weight excluding hydrogens is 276 g/mol. The average Bonchev–Trinajstić information content (AvgIpc) is 3.24. The van der Waals surface area contributed by atoms with Gasteiger partial charge in [-0.3, -0.25) is 0 Å². The predicted octanol–water partition coefficient (Wildman–Crippen LogP) is 7.39. The summed E-state index contributed by atoms with van der Waals surface area (Å²) in [6.45, 7) is 9.04.